The van der Waals surface area contributed by atoms with Gasteiger partial charge in [-0.05, 0) is 30.2 Å². The lowest BCUT2D eigenvalue weighted by atomic mass is 10.1. The summed E-state index contributed by atoms with van der Waals surface area (Å²) < 4.78 is 10.6. The van der Waals surface area contributed by atoms with Crippen molar-refractivity contribution in [2.75, 3.05) is 38.2 Å². The molecule has 0 aliphatic carbocycles. The molecule has 1 aromatic heterocycles. The van der Waals surface area contributed by atoms with Gasteiger partial charge in [0.25, 0.3) is 5.91 Å². The molecule has 6 nitrogen and oxygen atoms in total. The molecule has 150 valence electrons. The summed E-state index contributed by atoms with van der Waals surface area (Å²) in [4.78, 5) is 29.5. The van der Waals surface area contributed by atoms with Crippen molar-refractivity contribution in [3.63, 3.8) is 0 Å². The quantitative estimate of drug-likeness (QED) is 0.638. The van der Waals surface area contributed by atoms with E-state index in [1.165, 1.54) is 18.4 Å². The van der Waals surface area contributed by atoms with Gasteiger partial charge in [-0.3, -0.25) is 4.79 Å². The van der Waals surface area contributed by atoms with E-state index in [0.29, 0.717) is 29.8 Å². The fourth-order valence-electron chi connectivity index (χ4n) is 3.87. The van der Waals surface area contributed by atoms with Gasteiger partial charge in [-0.25, -0.2) is 4.79 Å². The minimum absolute atomic E-state index is 0.0631. The molecule has 0 bridgehead atoms. The molecule has 0 unspecified atom stereocenters. The zero-order chi connectivity index (χ0) is 20.4. The van der Waals surface area contributed by atoms with Gasteiger partial charge in [-0.15, -0.1) is 0 Å². The van der Waals surface area contributed by atoms with Gasteiger partial charge >= 0.3 is 5.63 Å². The minimum Gasteiger partial charge on any atom is -0.493 e. The highest BCUT2D eigenvalue weighted by molar-refractivity contribution is 5.97. The maximum absolute atomic E-state index is 13.0. The van der Waals surface area contributed by atoms with Crippen molar-refractivity contribution in [1.82, 2.24) is 4.90 Å². The predicted molar refractivity (Wildman–Crippen MR) is 113 cm³/mol. The molecule has 3 aromatic rings. The lowest BCUT2D eigenvalue weighted by molar-refractivity contribution is 0.0742. The molecule has 0 atom stereocenters. The summed E-state index contributed by atoms with van der Waals surface area (Å²) >= 11 is 0. The number of amides is 1. The van der Waals surface area contributed by atoms with Crippen LogP contribution in [0.5, 0.6) is 5.75 Å². The third-order valence-corrected chi connectivity index (χ3v) is 5.45. The van der Waals surface area contributed by atoms with Crippen molar-refractivity contribution in [3.8, 4) is 5.75 Å². The number of rotatable bonds is 4. The first-order valence-corrected chi connectivity index (χ1v) is 9.85. The molecule has 6 heteroatoms. The third kappa shape index (κ3) is 3.58. The predicted octanol–water partition coefficient (Wildman–Crippen LogP) is 3.33. The van der Waals surface area contributed by atoms with Gasteiger partial charge in [0.05, 0.1) is 7.11 Å². The molecule has 0 spiro atoms. The number of carbonyl (C=O) groups excluding carboxylic acids is 1. The average Bonchev–Trinajstić information content (AvgIpc) is 2.78. The van der Waals surface area contributed by atoms with E-state index in [-0.39, 0.29) is 11.5 Å². The average molecular weight is 392 g/mol. The van der Waals surface area contributed by atoms with Crippen LogP contribution in [-0.2, 0) is 6.42 Å². The number of hydrogen-bond donors (Lipinski definition) is 0. The van der Waals surface area contributed by atoms with E-state index in [1.54, 1.807) is 29.2 Å². The Morgan fingerprint density at radius 3 is 2.55 bits per heavy atom. The standard InChI is InChI=1S/C23H24N2O4/c1-3-16-7-4-5-9-19(16)24-11-13-25(14-12-24)22(26)18-15-17-8-6-10-20(28-2)21(17)29-23(18)27/h4-10,15H,3,11-14H2,1-2H3. The molecule has 1 aliphatic rings. The van der Waals surface area contributed by atoms with Crippen LogP contribution in [0.4, 0.5) is 5.69 Å². The number of benzene rings is 2. The van der Waals surface area contributed by atoms with Crippen molar-refractivity contribution < 1.29 is 13.9 Å². The number of carbonyl (C=O) groups is 1. The first-order valence-electron chi connectivity index (χ1n) is 9.85. The van der Waals surface area contributed by atoms with Gasteiger partial charge < -0.3 is 19.0 Å². The van der Waals surface area contributed by atoms with Crippen LogP contribution in [0.15, 0.2) is 57.7 Å². The van der Waals surface area contributed by atoms with Crippen molar-refractivity contribution >= 4 is 22.6 Å². The van der Waals surface area contributed by atoms with Crippen LogP contribution >= 0.6 is 0 Å². The van der Waals surface area contributed by atoms with E-state index in [2.05, 4.69) is 30.0 Å². The van der Waals surface area contributed by atoms with Gasteiger partial charge in [0.15, 0.2) is 11.3 Å². The second kappa shape index (κ2) is 7.99. The Morgan fingerprint density at radius 2 is 1.83 bits per heavy atom. The summed E-state index contributed by atoms with van der Waals surface area (Å²) in [5, 5.41) is 0.669. The van der Waals surface area contributed by atoms with Crippen LogP contribution in [0, 0.1) is 0 Å². The maximum atomic E-state index is 13.0. The van der Waals surface area contributed by atoms with E-state index < -0.39 is 5.63 Å². The fraction of sp³-hybridized carbons (Fsp3) is 0.304. The SMILES string of the molecule is CCc1ccccc1N1CCN(C(=O)c2cc3cccc(OC)c3oc2=O)CC1. The first kappa shape index (κ1) is 19.1. The van der Waals surface area contributed by atoms with Crippen LogP contribution < -0.4 is 15.3 Å². The first-order chi connectivity index (χ1) is 14.1. The van der Waals surface area contributed by atoms with E-state index in [1.807, 2.05) is 6.07 Å². The van der Waals surface area contributed by atoms with E-state index in [9.17, 15) is 9.59 Å². The Balaban J connectivity index is 1.54. The summed E-state index contributed by atoms with van der Waals surface area (Å²) in [5.41, 5.74) is 2.31. The lowest BCUT2D eigenvalue weighted by Crippen LogP contribution is -2.49. The fourth-order valence-corrected chi connectivity index (χ4v) is 3.87. The summed E-state index contributed by atoms with van der Waals surface area (Å²) in [6, 6.07) is 15.3. The Hall–Kier alpha value is -3.28. The summed E-state index contributed by atoms with van der Waals surface area (Å²) in [6.07, 6.45) is 0.969. The number of ether oxygens (including phenoxy) is 1. The molecular formula is C23H24N2O4. The minimum atomic E-state index is -0.634. The van der Waals surface area contributed by atoms with Gasteiger partial charge in [-0.2, -0.15) is 0 Å². The summed E-state index contributed by atoms with van der Waals surface area (Å²) in [7, 11) is 1.52. The van der Waals surface area contributed by atoms with Crippen molar-refractivity contribution in [2.24, 2.45) is 0 Å². The number of fused-ring (bicyclic) bond motifs is 1. The molecule has 1 saturated heterocycles. The molecule has 29 heavy (non-hydrogen) atoms. The smallest absolute Gasteiger partial charge is 0.349 e. The highest BCUT2D eigenvalue weighted by atomic mass is 16.5. The van der Waals surface area contributed by atoms with Crippen LogP contribution in [0.3, 0.4) is 0 Å². The van der Waals surface area contributed by atoms with Gasteiger partial charge in [-0.1, -0.05) is 37.3 Å². The number of anilines is 1. The molecule has 1 fully saturated rings. The Bertz CT molecular complexity index is 1100. The van der Waals surface area contributed by atoms with Crippen LogP contribution in [0.25, 0.3) is 11.0 Å². The number of methoxy groups -OCH3 is 1. The van der Waals surface area contributed by atoms with Crippen molar-refractivity contribution in [3.05, 3.63) is 70.1 Å². The number of hydrogen-bond acceptors (Lipinski definition) is 5. The molecule has 2 aromatic carbocycles. The van der Waals surface area contributed by atoms with Crippen molar-refractivity contribution in [1.29, 1.82) is 0 Å². The highest BCUT2D eigenvalue weighted by Crippen LogP contribution is 2.25. The molecular weight excluding hydrogens is 368 g/mol. The van der Waals surface area contributed by atoms with Crippen LogP contribution in [0.2, 0.25) is 0 Å². The number of nitrogens with zero attached hydrogens (tertiary/aromatic N) is 2. The molecule has 2 heterocycles. The van der Waals surface area contributed by atoms with Crippen molar-refractivity contribution in [2.45, 2.75) is 13.3 Å². The largest absolute Gasteiger partial charge is 0.493 e. The second-order valence-corrected chi connectivity index (χ2v) is 7.09. The zero-order valence-electron chi connectivity index (χ0n) is 16.7. The number of aryl methyl sites for hydroxylation is 1. The maximum Gasteiger partial charge on any atom is 0.349 e. The molecule has 1 amide bonds. The molecule has 4 rings (SSSR count). The van der Waals surface area contributed by atoms with E-state index in [4.69, 9.17) is 9.15 Å². The summed E-state index contributed by atoms with van der Waals surface area (Å²) in [5.74, 6) is 0.189. The summed E-state index contributed by atoms with van der Waals surface area (Å²) in [6.45, 7) is 4.73. The second-order valence-electron chi connectivity index (χ2n) is 7.09. The highest BCUT2D eigenvalue weighted by Gasteiger charge is 2.26. The Kier molecular flexibility index (Phi) is 5.25. The number of para-hydroxylation sites is 2. The Morgan fingerprint density at radius 1 is 1.07 bits per heavy atom. The van der Waals surface area contributed by atoms with E-state index >= 15 is 0 Å². The molecule has 1 aliphatic heterocycles. The third-order valence-electron chi connectivity index (χ3n) is 5.45. The lowest BCUT2D eigenvalue weighted by Gasteiger charge is -2.36. The van der Waals surface area contributed by atoms with Gasteiger partial charge in [0, 0.05) is 37.3 Å². The normalized spacial score (nSPS) is 14.3. The van der Waals surface area contributed by atoms with Gasteiger partial charge in [0.1, 0.15) is 5.56 Å². The molecule has 0 saturated carbocycles. The zero-order valence-corrected chi connectivity index (χ0v) is 16.7. The number of piperazine rings is 1. The molecule has 0 radical (unpaired) electrons. The monoisotopic (exact) mass is 392 g/mol. The van der Waals surface area contributed by atoms with E-state index in [0.717, 1.165) is 19.5 Å². The topological polar surface area (TPSA) is 63.0 Å². The van der Waals surface area contributed by atoms with Gasteiger partial charge in [0.2, 0.25) is 0 Å². The Labute approximate surface area is 169 Å². The van der Waals surface area contributed by atoms with Crippen LogP contribution in [-0.4, -0.2) is 44.1 Å². The van der Waals surface area contributed by atoms with Crippen LogP contribution in [0.1, 0.15) is 22.8 Å². The molecule has 0 N–H and O–H groups in total.